The number of amidine groups is 1. The molecule has 3 heterocycles. The first-order valence-corrected chi connectivity index (χ1v) is 12.0. The number of amides is 1. The van der Waals surface area contributed by atoms with Crippen LogP contribution in [0.2, 0.25) is 0 Å². The van der Waals surface area contributed by atoms with Crippen molar-refractivity contribution in [1.82, 2.24) is 19.9 Å². The standard InChI is InChI=1S/C26H26F3N5O4/c1-14(33(2)3)30-25(35)21-11-20(24-22(37-21)13-36-26(38-24)15-7-5-4-6-8-15)34-12-19(31-32-34)16-9-17(27)23(29)18(28)10-16/h4-10,12,20-22,24,26H,11,13H2,1-3H3/t20-,21-,22-,24-,26?/m1/s1. The van der Waals surface area contributed by atoms with Crippen LogP contribution in [0.25, 0.3) is 11.3 Å². The highest BCUT2D eigenvalue weighted by molar-refractivity contribution is 5.95. The SMILES string of the molecule is CC(=NC(=O)[C@H]1C[C@@H](n2cc(-c3cc(F)c(F)c(F)c3)nn2)[C@H]2OC(c3ccccc3)OC[C@H]2O1)N(C)C. The fourth-order valence-corrected chi connectivity index (χ4v) is 4.43. The maximum Gasteiger partial charge on any atom is 0.276 e. The number of benzene rings is 2. The summed E-state index contributed by atoms with van der Waals surface area (Å²) in [5.74, 6) is -4.18. The molecular formula is C26H26F3N5O4. The summed E-state index contributed by atoms with van der Waals surface area (Å²) < 4.78 is 60.9. The molecule has 1 amide bonds. The van der Waals surface area contributed by atoms with Gasteiger partial charge in [0.25, 0.3) is 5.91 Å². The van der Waals surface area contributed by atoms with Gasteiger partial charge in [0.1, 0.15) is 29.8 Å². The number of carbonyl (C=O) groups is 1. The van der Waals surface area contributed by atoms with Gasteiger partial charge in [-0.1, -0.05) is 35.5 Å². The van der Waals surface area contributed by atoms with Crippen molar-refractivity contribution < 1.29 is 32.2 Å². The van der Waals surface area contributed by atoms with E-state index in [0.29, 0.717) is 5.84 Å². The van der Waals surface area contributed by atoms with Gasteiger partial charge in [-0.05, 0) is 19.1 Å². The van der Waals surface area contributed by atoms with Crippen LogP contribution in [0.4, 0.5) is 13.2 Å². The van der Waals surface area contributed by atoms with E-state index in [-0.39, 0.29) is 24.3 Å². The van der Waals surface area contributed by atoms with E-state index in [1.165, 1.54) is 10.9 Å². The van der Waals surface area contributed by atoms with E-state index < -0.39 is 54.0 Å². The van der Waals surface area contributed by atoms with E-state index in [2.05, 4.69) is 15.3 Å². The Labute approximate surface area is 216 Å². The van der Waals surface area contributed by atoms with Gasteiger partial charge in [0.15, 0.2) is 23.7 Å². The van der Waals surface area contributed by atoms with Crippen LogP contribution in [0.5, 0.6) is 0 Å². The largest absolute Gasteiger partial charge is 0.366 e. The minimum Gasteiger partial charge on any atom is -0.366 e. The van der Waals surface area contributed by atoms with Gasteiger partial charge < -0.3 is 19.1 Å². The van der Waals surface area contributed by atoms with Crippen molar-refractivity contribution in [3.63, 3.8) is 0 Å². The summed E-state index contributed by atoms with van der Waals surface area (Å²) in [5, 5.41) is 8.21. The first kappa shape index (κ1) is 26.0. The molecule has 0 aliphatic carbocycles. The van der Waals surface area contributed by atoms with Crippen molar-refractivity contribution in [3.8, 4) is 11.3 Å². The Bertz CT molecular complexity index is 1330. The third-order valence-corrected chi connectivity index (χ3v) is 6.63. The summed E-state index contributed by atoms with van der Waals surface area (Å²) in [6.07, 6.45) is -1.16. The summed E-state index contributed by atoms with van der Waals surface area (Å²) in [6, 6.07) is 10.5. The van der Waals surface area contributed by atoms with Gasteiger partial charge >= 0.3 is 0 Å². The topological polar surface area (TPSA) is 91.1 Å². The quantitative estimate of drug-likeness (QED) is 0.289. The van der Waals surface area contributed by atoms with Crippen LogP contribution in [-0.4, -0.2) is 70.7 Å². The van der Waals surface area contributed by atoms with Crippen molar-refractivity contribution in [2.75, 3.05) is 20.7 Å². The second-order valence-electron chi connectivity index (χ2n) is 9.37. The Kier molecular flexibility index (Phi) is 7.28. The van der Waals surface area contributed by atoms with Crippen molar-refractivity contribution in [2.45, 2.75) is 44.0 Å². The molecule has 0 bridgehead atoms. The van der Waals surface area contributed by atoms with Crippen LogP contribution in [0.15, 0.2) is 53.7 Å². The third-order valence-electron chi connectivity index (χ3n) is 6.63. The molecule has 38 heavy (non-hydrogen) atoms. The zero-order valence-corrected chi connectivity index (χ0v) is 20.9. The van der Waals surface area contributed by atoms with E-state index in [1.54, 1.807) is 25.9 Å². The van der Waals surface area contributed by atoms with Gasteiger partial charge in [0, 0.05) is 31.6 Å². The number of ether oxygens (including phenoxy) is 3. The molecule has 5 atom stereocenters. The lowest BCUT2D eigenvalue weighted by Gasteiger charge is -2.45. The zero-order chi connectivity index (χ0) is 27.0. The second kappa shape index (κ2) is 10.6. The molecule has 0 radical (unpaired) electrons. The lowest BCUT2D eigenvalue weighted by Crippen LogP contribution is -2.54. The number of halogens is 3. The minimum absolute atomic E-state index is 0.0187. The molecule has 2 aliphatic heterocycles. The van der Waals surface area contributed by atoms with Gasteiger partial charge in [-0.25, -0.2) is 17.9 Å². The fraction of sp³-hybridized carbons (Fsp3) is 0.385. The number of fused-ring (bicyclic) bond motifs is 1. The van der Waals surface area contributed by atoms with Gasteiger partial charge in [-0.2, -0.15) is 4.99 Å². The third kappa shape index (κ3) is 5.19. The van der Waals surface area contributed by atoms with Crippen molar-refractivity contribution >= 4 is 11.7 Å². The molecule has 5 rings (SSSR count). The molecule has 2 fully saturated rings. The number of aliphatic imine (C=N–C) groups is 1. The monoisotopic (exact) mass is 529 g/mol. The Morgan fingerprint density at radius 2 is 1.82 bits per heavy atom. The predicted molar refractivity (Wildman–Crippen MR) is 129 cm³/mol. The smallest absolute Gasteiger partial charge is 0.276 e. The summed E-state index contributed by atoms with van der Waals surface area (Å²) in [5.41, 5.74) is 0.956. The molecule has 0 saturated carbocycles. The average molecular weight is 530 g/mol. The molecule has 12 heteroatoms. The molecule has 2 aromatic carbocycles. The van der Waals surface area contributed by atoms with Crippen LogP contribution < -0.4 is 0 Å². The summed E-state index contributed by atoms with van der Waals surface area (Å²) in [6.45, 7) is 1.86. The Hall–Kier alpha value is -3.61. The van der Waals surface area contributed by atoms with Crippen LogP contribution >= 0.6 is 0 Å². The van der Waals surface area contributed by atoms with Gasteiger partial charge in [-0.3, -0.25) is 4.79 Å². The van der Waals surface area contributed by atoms with Gasteiger partial charge in [0.2, 0.25) is 0 Å². The molecule has 1 unspecified atom stereocenters. The van der Waals surface area contributed by atoms with Crippen LogP contribution in [0.3, 0.4) is 0 Å². The van der Waals surface area contributed by atoms with E-state index in [9.17, 15) is 18.0 Å². The molecule has 2 aliphatic rings. The number of hydrogen-bond acceptors (Lipinski definition) is 6. The number of nitrogens with zero attached hydrogens (tertiary/aromatic N) is 5. The number of carbonyl (C=O) groups excluding carboxylic acids is 1. The first-order chi connectivity index (χ1) is 18.2. The summed E-state index contributed by atoms with van der Waals surface area (Å²) in [4.78, 5) is 18.9. The molecule has 3 aromatic rings. The second-order valence-corrected chi connectivity index (χ2v) is 9.37. The zero-order valence-electron chi connectivity index (χ0n) is 20.9. The molecular weight excluding hydrogens is 503 g/mol. The highest BCUT2D eigenvalue weighted by atomic mass is 19.2. The maximum absolute atomic E-state index is 13.8. The summed E-state index contributed by atoms with van der Waals surface area (Å²) in [7, 11) is 3.55. The van der Waals surface area contributed by atoms with Crippen LogP contribution in [0, 0.1) is 17.5 Å². The highest BCUT2D eigenvalue weighted by Gasteiger charge is 2.47. The van der Waals surface area contributed by atoms with E-state index in [1.807, 2.05) is 30.3 Å². The minimum atomic E-state index is -1.56. The maximum atomic E-state index is 13.8. The first-order valence-electron chi connectivity index (χ1n) is 12.0. The van der Waals surface area contributed by atoms with Crippen molar-refractivity contribution in [3.05, 3.63) is 71.7 Å². The normalized spacial score (nSPS) is 25.6. The fourth-order valence-electron chi connectivity index (χ4n) is 4.43. The summed E-state index contributed by atoms with van der Waals surface area (Å²) >= 11 is 0. The van der Waals surface area contributed by atoms with Crippen molar-refractivity contribution in [2.24, 2.45) is 4.99 Å². The number of hydrogen-bond donors (Lipinski definition) is 0. The van der Waals surface area contributed by atoms with Crippen LogP contribution in [-0.2, 0) is 19.0 Å². The number of aromatic nitrogens is 3. The molecule has 200 valence electrons. The molecule has 1 aromatic heterocycles. The van der Waals surface area contributed by atoms with E-state index >= 15 is 0 Å². The lowest BCUT2D eigenvalue weighted by molar-refractivity contribution is -0.297. The molecule has 0 spiro atoms. The Morgan fingerprint density at radius 3 is 2.50 bits per heavy atom. The lowest BCUT2D eigenvalue weighted by atomic mass is 9.94. The highest BCUT2D eigenvalue weighted by Crippen LogP contribution is 2.39. The van der Waals surface area contributed by atoms with E-state index in [4.69, 9.17) is 14.2 Å². The Morgan fingerprint density at radius 1 is 1.11 bits per heavy atom. The number of rotatable bonds is 4. The van der Waals surface area contributed by atoms with Crippen LogP contribution in [0.1, 0.15) is 31.2 Å². The molecule has 9 nitrogen and oxygen atoms in total. The van der Waals surface area contributed by atoms with E-state index in [0.717, 1.165) is 17.7 Å². The molecule has 2 saturated heterocycles. The average Bonchev–Trinajstić information content (AvgIpc) is 3.41. The van der Waals surface area contributed by atoms with Crippen molar-refractivity contribution in [1.29, 1.82) is 0 Å². The van der Waals surface area contributed by atoms with Gasteiger partial charge in [-0.15, -0.1) is 5.10 Å². The molecule has 0 N–H and O–H groups in total. The Balaban J connectivity index is 1.47. The predicted octanol–water partition coefficient (Wildman–Crippen LogP) is 3.68. The van der Waals surface area contributed by atoms with Gasteiger partial charge in [0.05, 0.1) is 18.8 Å².